The molecule has 31 nitrogen and oxygen atoms in total. The molecule has 9 aliphatic rings. The van der Waals surface area contributed by atoms with Gasteiger partial charge in [-0.3, -0.25) is 72.2 Å². The van der Waals surface area contributed by atoms with E-state index in [1.54, 1.807) is 114 Å². The highest BCUT2D eigenvalue weighted by Crippen LogP contribution is 2.41. The first-order valence-electron chi connectivity index (χ1n) is 45.3. The van der Waals surface area contributed by atoms with Crippen molar-refractivity contribution >= 4 is 69.9 Å². The number of ketones is 8. The number of allylic oxidation sites excluding steroid dienone is 3. The third-order valence-electron chi connectivity index (χ3n) is 26.0. The number of hydrogen-bond acceptors (Lipinski definition) is 27. The van der Waals surface area contributed by atoms with Gasteiger partial charge >= 0.3 is 0 Å². The highest BCUT2D eigenvalue weighted by atomic mass is 16.6. The van der Waals surface area contributed by atoms with Crippen LogP contribution in [0.3, 0.4) is 0 Å². The van der Waals surface area contributed by atoms with E-state index in [1.165, 1.54) is 21.3 Å². The number of methoxy groups -OCH3 is 3. The lowest BCUT2D eigenvalue weighted by atomic mass is 9.80. The molecule has 15 atom stereocenters. The molecular formula is C99H147N7O24. The Bertz CT molecular complexity index is 4090. The first-order valence-corrected chi connectivity index (χ1v) is 45.3. The fourth-order valence-electron chi connectivity index (χ4n) is 17.4. The summed E-state index contributed by atoms with van der Waals surface area (Å²) in [6.07, 6.45) is 13.1. The summed E-state index contributed by atoms with van der Waals surface area (Å²) in [5.41, 5.74) is -0.326. The van der Waals surface area contributed by atoms with E-state index >= 15 is 0 Å². The molecule has 6 saturated heterocycles. The number of Topliss-reactive ketones (excluding diaryl/α,β-unsaturated/α-hetero) is 8. The van der Waals surface area contributed by atoms with Crippen molar-refractivity contribution in [3.8, 4) is 17.2 Å². The number of nitrogens with zero attached hydrogens (tertiary/aromatic N) is 3. The number of carbonyl (C=O) groups excluding carboxylic acids is 12. The van der Waals surface area contributed by atoms with Crippen LogP contribution in [0, 0.1) is 41.4 Å². The monoisotopic (exact) mass is 1820 g/mol. The molecule has 15 unspecified atom stereocenters. The van der Waals surface area contributed by atoms with Crippen LogP contribution < -0.4 is 35.5 Å². The van der Waals surface area contributed by atoms with Gasteiger partial charge in [-0.15, -0.1) is 0 Å². The quantitative estimate of drug-likeness (QED) is 0.0205. The molecule has 0 radical (unpaired) electrons. The van der Waals surface area contributed by atoms with Gasteiger partial charge < -0.3 is 79.2 Å². The molecule has 4 amide bonds. The van der Waals surface area contributed by atoms with Gasteiger partial charge in [-0.1, -0.05) is 122 Å². The molecule has 3 aromatic rings. The van der Waals surface area contributed by atoms with Crippen LogP contribution in [0.25, 0.3) is 0 Å². The number of ether oxygens (including phenoxy) is 9. The van der Waals surface area contributed by atoms with Crippen molar-refractivity contribution in [3.05, 3.63) is 113 Å². The van der Waals surface area contributed by atoms with Crippen molar-refractivity contribution in [2.24, 2.45) is 41.4 Å². The second-order valence-corrected chi connectivity index (χ2v) is 36.3. The standard InChI is InChI=1S/C32H45N3O8.C32H46N2O8.C32H44N2O8.3CH4/c1-21(33-28(37)19-35-13-15-42-16-14-35)27(36)18-25(29(38)23-9-11-24(41-3)12-10-23)31(40)34-26(30(39)32(2)20-43-32)17-22-7-5-4-6-8-22;2*1-21(16-25(35)19-34-12-14-41-15-13-34)31(39)33-28(29(37)23-8-10-26(40-3)11-9-23)27(36)18-24(17-22-6-4-5-7-22)30(38)32(2)20-42-32;;;/h7,9-12,21,25-26,29,38H,4-6,8,13-20H2,1-3H3,(H,33,37)(H,34,40);8-11,21-22,24,28-29,37H,4-7,12-20H2,1-3H3,(H,33,39);4-5,8-11,21-22,24,28-29,37H,6-7,12-20H2,1-3H3,(H,33,39);3*1H4. The zero-order chi connectivity index (χ0) is 91.5. The topological polar surface area (TPSA) is 416 Å². The Hall–Kier alpha value is -8.70. The summed E-state index contributed by atoms with van der Waals surface area (Å²) < 4.78 is 47.9. The van der Waals surface area contributed by atoms with Crippen LogP contribution in [0.5, 0.6) is 17.2 Å². The number of aliphatic hydroxyl groups excluding tert-OH is 3. The van der Waals surface area contributed by atoms with Crippen molar-refractivity contribution in [2.75, 3.05) is 140 Å². The highest BCUT2D eigenvalue weighted by molar-refractivity contribution is 6.01. The van der Waals surface area contributed by atoms with Gasteiger partial charge in [0.05, 0.1) is 125 Å². The minimum Gasteiger partial charge on any atom is -0.497 e. The molecular weight excluding hydrogens is 1670 g/mol. The van der Waals surface area contributed by atoms with E-state index in [0.29, 0.717) is 151 Å². The molecule has 0 spiro atoms. The van der Waals surface area contributed by atoms with Gasteiger partial charge in [-0.25, -0.2) is 0 Å². The van der Waals surface area contributed by atoms with E-state index in [1.807, 2.05) is 14.7 Å². The number of amides is 4. The van der Waals surface area contributed by atoms with Crippen LogP contribution in [0.4, 0.5) is 0 Å². The predicted molar refractivity (Wildman–Crippen MR) is 488 cm³/mol. The molecule has 12 rings (SSSR count). The molecule has 7 N–H and O–H groups in total. The first-order chi connectivity index (χ1) is 60.8. The zero-order valence-electron chi connectivity index (χ0n) is 75.5. The number of rotatable bonds is 47. The van der Waals surface area contributed by atoms with E-state index in [4.69, 9.17) is 42.6 Å². The number of hydrogen-bond donors (Lipinski definition) is 7. The van der Waals surface area contributed by atoms with E-state index in [9.17, 15) is 72.9 Å². The molecule has 3 aromatic carbocycles. The first kappa shape index (κ1) is 108. The van der Waals surface area contributed by atoms with Gasteiger partial charge in [0.2, 0.25) is 23.6 Å². The Morgan fingerprint density at radius 3 is 1.20 bits per heavy atom. The highest BCUT2D eigenvalue weighted by Gasteiger charge is 2.54. The van der Waals surface area contributed by atoms with E-state index in [-0.39, 0.29) is 121 Å². The lowest BCUT2D eigenvalue weighted by molar-refractivity contribution is -0.137. The molecule has 3 aliphatic carbocycles. The summed E-state index contributed by atoms with van der Waals surface area (Å²) in [6, 6.07) is 15.5. The van der Waals surface area contributed by atoms with E-state index in [2.05, 4.69) is 39.5 Å². The lowest BCUT2D eigenvalue weighted by Crippen LogP contribution is -2.50. The van der Waals surface area contributed by atoms with Gasteiger partial charge in [0.25, 0.3) is 0 Å². The van der Waals surface area contributed by atoms with Crippen LogP contribution in [0.15, 0.2) is 96.6 Å². The number of nitrogens with one attached hydrogen (secondary N) is 4. The maximum atomic E-state index is 13.9. The van der Waals surface area contributed by atoms with E-state index in [0.717, 1.165) is 69.8 Å². The minimum absolute atomic E-state index is 0. The number of carbonyl (C=O) groups is 12. The molecule has 130 heavy (non-hydrogen) atoms. The van der Waals surface area contributed by atoms with E-state index < -0.39 is 124 Å². The van der Waals surface area contributed by atoms with Gasteiger partial charge in [-0.2, -0.15) is 0 Å². The van der Waals surface area contributed by atoms with Gasteiger partial charge in [0, 0.05) is 95.0 Å². The molecule has 31 heteroatoms. The summed E-state index contributed by atoms with van der Waals surface area (Å²) in [5, 5.41) is 45.2. The van der Waals surface area contributed by atoms with Gasteiger partial charge in [-0.05, 0) is 150 Å². The lowest BCUT2D eigenvalue weighted by Gasteiger charge is -2.28. The Kier molecular flexibility index (Phi) is 43.4. The molecule has 0 bridgehead atoms. The average Bonchev–Trinajstić information content (AvgIpc) is 1.65. The summed E-state index contributed by atoms with van der Waals surface area (Å²) in [7, 11) is 4.59. The number of benzene rings is 3. The van der Waals surface area contributed by atoms with Crippen LogP contribution in [0.1, 0.15) is 214 Å². The zero-order valence-corrected chi connectivity index (χ0v) is 75.5. The van der Waals surface area contributed by atoms with Gasteiger partial charge in [0.1, 0.15) is 69.9 Å². The molecule has 722 valence electrons. The van der Waals surface area contributed by atoms with Crippen LogP contribution in [-0.2, 0) is 86.0 Å². The summed E-state index contributed by atoms with van der Waals surface area (Å²) >= 11 is 0. The SMILES string of the molecule is C.C.C.COc1ccc(C(O)C(CC(=O)C(C)NC(=O)CN2CCOCC2)C(=O)NC(CC2=CCCCC2)C(=O)C2(C)CO2)cc1.COc1ccc(C(O)C(NC(=O)C(C)CC(=O)CN2CCOCC2)C(=O)CC(CC2CC=CC2)C(=O)C2(C)CO2)cc1.COc1ccc(C(O)C(NC(=O)C(C)CC(=O)CN2CCOCC2)C(=O)CC(CC2CCCC2)C(=O)C2(C)CO2)cc1. The number of aliphatic hydroxyl groups is 3. The van der Waals surface area contributed by atoms with Crippen molar-refractivity contribution < 1.29 is 115 Å². The smallest absolute Gasteiger partial charge is 0.234 e. The second-order valence-electron chi connectivity index (χ2n) is 36.3. The Balaban J connectivity index is 0.000000264. The summed E-state index contributed by atoms with van der Waals surface area (Å²) in [4.78, 5) is 166. The predicted octanol–water partition coefficient (Wildman–Crippen LogP) is 8.87. The molecule has 1 saturated carbocycles. The van der Waals surface area contributed by atoms with Crippen LogP contribution >= 0.6 is 0 Å². The van der Waals surface area contributed by atoms with Crippen molar-refractivity contribution in [1.29, 1.82) is 0 Å². The molecule has 0 aromatic heterocycles. The van der Waals surface area contributed by atoms with Crippen LogP contribution in [0.2, 0.25) is 0 Å². The third kappa shape index (κ3) is 32.6. The van der Waals surface area contributed by atoms with Crippen molar-refractivity contribution in [2.45, 2.75) is 239 Å². The molecule has 7 fully saturated rings. The van der Waals surface area contributed by atoms with Crippen molar-refractivity contribution in [3.63, 3.8) is 0 Å². The maximum absolute atomic E-state index is 13.9. The Labute approximate surface area is 768 Å². The Morgan fingerprint density at radius 2 is 0.823 bits per heavy atom. The summed E-state index contributed by atoms with van der Waals surface area (Å²) in [5.74, 6) is -5.14. The second kappa shape index (κ2) is 52.1. The normalized spacial score (nSPS) is 23.0. The fourth-order valence-corrected chi connectivity index (χ4v) is 17.4. The van der Waals surface area contributed by atoms with Gasteiger partial charge in [0.15, 0.2) is 34.7 Å². The maximum Gasteiger partial charge on any atom is 0.234 e. The fraction of sp³-hybridized carbons (Fsp3) is 0.657. The molecule has 6 aliphatic heterocycles. The average molecular weight is 1820 g/mol. The van der Waals surface area contributed by atoms with Crippen LogP contribution in [-0.4, -0.2) is 281 Å². The summed E-state index contributed by atoms with van der Waals surface area (Å²) in [6.45, 7) is 18.9. The minimum atomic E-state index is -1.36. The largest absolute Gasteiger partial charge is 0.497 e. The number of epoxide rings is 3. The van der Waals surface area contributed by atoms with Crippen molar-refractivity contribution in [1.82, 2.24) is 36.0 Å². The molecule has 6 heterocycles. The Morgan fingerprint density at radius 1 is 0.446 bits per heavy atom. The number of morpholine rings is 3. The third-order valence-corrected chi connectivity index (χ3v) is 26.0.